The van der Waals surface area contributed by atoms with Crippen molar-refractivity contribution < 1.29 is 29.9 Å². The lowest BCUT2D eigenvalue weighted by molar-refractivity contribution is -0.330. The molecule has 6 heteroatoms. The molecule has 14 heavy (non-hydrogen) atoms. The summed E-state index contributed by atoms with van der Waals surface area (Å²) in [6.45, 7) is 0.844. The van der Waals surface area contributed by atoms with Gasteiger partial charge in [0.15, 0.2) is 6.29 Å². The first kappa shape index (κ1) is 11.8. The molecular weight excluding hydrogens is 192 g/mol. The van der Waals surface area contributed by atoms with Crippen LogP contribution in [0.1, 0.15) is 6.92 Å². The zero-order valence-electron chi connectivity index (χ0n) is 8.12. The summed E-state index contributed by atoms with van der Waals surface area (Å²) in [6.07, 6.45) is -4.77. The summed E-state index contributed by atoms with van der Waals surface area (Å²) in [5.41, 5.74) is -1.69. The fourth-order valence-electron chi connectivity index (χ4n) is 1.51. The van der Waals surface area contributed by atoms with Crippen molar-refractivity contribution in [1.82, 2.24) is 0 Å². The Morgan fingerprint density at radius 3 is 2.43 bits per heavy atom. The molecule has 0 aromatic rings. The molecule has 6 nitrogen and oxygen atoms in total. The van der Waals surface area contributed by atoms with E-state index in [9.17, 15) is 15.3 Å². The molecule has 0 aliphatic carbocycles. The van der Waals surface area contributed by atoms with E-state index in [1.165, 1.54) is 14.0 Å². The van der Waals surface area contributed by atoms with Gasteiger partial charge in [-0.1, -0.05) is 0 Å². The minimum atomic E-state index is -1.69. The summed E-state index contributed by atoms with van der Waals surface area (Å²) in [5, 5.41) is 37.5. The van der Waals surface area contributed by atoms with Crippen molar-refractivity contribution in [3.63, 3.8) is 0 Å². The van der Waals surface area contributed by atoms with Crippen LogP contribution in [-0.4, -0.2) is 64.3 Å². The standard InChI is InChI=1S/C8H16O6/c1-8(12)6(11)5(10)4(3-9)14-7(8)13-2/h4-7,9-12H,3H2,1-2H3/t4-,5-,6+,7-,8-/m1/s1. The zero-order chi connectivity index (χ0) is 10.9. The molecule has 0 amide bonds. The van der Waals surface area contributed by atoms with Crippen molar-refractivity contribution in [3.8, 4) is 0 Å². The molecule has 1 aliphatic rings. The van der Waals surface area contributed by atoms with Gasteiger partial charge in [0.05, 0.1) is 6.61 Å². The minimum Gasteiger partial charge on any atom is -0.394 e. The Hall–Kier alpha value is -0.240. The summed E-state index contributed by atoms with van der Waals surface area (Å²) in [7, 11) is 1.30. The Morgan fingerprint density at radius 1 is 1.43 bits per heavy atom. The predicted octanol–water partition coefficient (Wildman–Crippen LogP) is -2.18. The molecule has 0 bridgehead atoms. The van der Waals surface area contributed by atoms with E-state index in [2.05, 4.69) is 0 Å². The van der Waals surface area contributed by atoms with E-state index >= 15 is 0 Å². The lowest BCUT2D eigenvalue weighted by Gasteiger charge is -2.45. The van der Waals surface area contributed by atoms with Crippen molar-refractivity contribution in [1.29, 1.82) is 0 Å². The lowest BCUT2D eigenvalue weighted by Crippen LogP contribution is -2.65. The molecule has 0 aromatic heterocycles. The molecule has 0 spiro atoms. The van der Waals surface area contributed by atoms with Gasteiger partial charge in [-0.05, 0) is 6.92 Å². The topological polar surface area (TPSA) is 99.4 Å². The van der Waals surface area contributed by atoms with E-state index in [0.717, 1.165) is 0 Å². The van der Waals surface area contributed by atoms with Gasteiger partial charge in [-0.25, -0.2) is 0 Å². The lowest BCUT2D eigenvalue weighted by atomic mass is 9.88. The summed E-state index contributed by atoms with van der Waals surface area (Å²) in [4.78, 5) is 0. The van der Waals surface area contributed by atoms with E-state index in [1.54, 1.807) is 0 Å². The maximum absolute atomic E-state index is 9.74. The van der Waals surface area contributed by atoms with Crippen LogP contribution in [0.25, 0.3) is 0 Å². The van der Waals surface area contributed by atoms with Gasteiger partial charge in [0.2, 0.25) is 0 Å². The third-order valence-electron chi connectivity index (χ3n) is 2.47. The van der Waals surface area contributed by atoms with Crippen LogP contribution in [0.2, 0.25) is 0 Å². The number of hydrogen-bond donors (Lipinski definition) is 4. The van der Waals surface area contributed by atoms with Gasteiger partial charge in [0.25, 0.3) is 0 Å². The molecule has 4 N–H and O–H groups in total. The van der Waals surface area contributed by atoms with E-state index in [1.807, 2.05) is 0 Å². The monoisotopic (exact) mass is 208 g/mol. The average molecular weight is 208 g/mol. The number of ether oxygens (including phenoxy) is 2. The summed E-state index contributed by atoms with van der Waals surface area (Å²) < 4.78 is 9.85. The van der Waals surface area contributed by atoms with Crippen molar-refractivity contribution in [2.24, 2.45) is 0 Å². The number of rotatable bonds is 2. The summed E-state index contributed by atoms with van der Waals surface area (Å²) >= 11 is 0. The van der Waals surface area contributed by atoms with Crippen molar-refractivity contribution in [3.05, 3.63) is 0 Å². The molecule has 0 unspecified atom stereocenters. The number of hydrogen-bond acceptors (Lipinski definition) is 6. The van der Waals surface area contributed by atoms with Crippen LogP contribution in [0.4, 0.5) is 0 Å². The van der Waals surface area contributed by atoms with Gasteiger partial charge in [-0.2, -0.15) is 0 Å². The second-order valence-corrected chi connectivity index (χ2v) is 3.59. The Morgan fingerprint density at radius 2 is 2.00 bits per heavy atom. The summed E-state index contributed by atoms with van der Waals surface area (Å²) in [5.74, 6) is 0. The van der Waals surface area contributed by atoms with Gasteiger partial charge in [-0.3, -0.25) is 0 Å². The van der Waals surface area contributed by atoms with E-state index < -0.39 is 36.8 Å². The predicted molar refractivity (Wildman–Crippen MR) is 45.4 cm³/mol. The summed E-state index contributed by atoms with van der Waals surface area (Å²) in [6, 6.07) is 0. The third-order valence-corrected chi connectivity index (χ3v) is 2.47. The van der Waals surface area contributed by atoms with E-state index in [-0.39, 0.29) is 0 Å². The van der Waals surface area contributed by atoms with Crippen molar-refractivity contribution in [2.45, 2.75) is 37.1 Å². The molecule has 0 radical (unpaired) electrons. The quantitative estimate of drug-likeness (QED) is 0.412. The molecule has 1 fully saturated rings. The molecule has 1 aliphatic heterocycles. The van der Waals surface area contributed by atoms with Gasteiger partial charge < -0.3 is 29.9 Å². The highest BCUT2D eigenvalue weighted by Gasteiger charge is 2.51. The second-order valence-electron chi connectivity index (χ2n) is 3.59. The molecule has 1 saturated heterocycles. The van der Waals surface area contributed by atoms with Gasteiger partial charge in [0.1, 0.15) is 23.9 Å². The maximum Gasteiger partial charge on any atom is 0.188 e. The van der Waals surface area contributed by atoms with Gasteiger partial charge in [0, 0.05) is 7.11 Å². The molecule has 1 rings (SSSR count). The van der Waals surface area contributed by atoms with E-state index in [4.69, 9.17) is 14.6 Å². The first-order valence-corrected chi connectivity index (χ1v) is 4.32. The molecule has 0 saturated carbocycles. The van der Waals surface area contributed by atoms with Crippen LogP contribution in [0.5, 0.6) is 0 Å². The van der Waals surface area contributed by atoms with Crippen LogP contribution in [0.3, 0.4) is 0 Å². The zero-order valence-corrected chi connectivity index (χ0v) is 8.12. The Balaban J connectivity index is 2.83. The van der Waals surface area contributed by atoms with E-state index in [0.29, 0.717) is 0 Å². The molecule has 84 valence electrons. The van der Waals surface area contributed by atoms with Crippen LogP contribution in [0, 0.1) is 0 Å². The number of aliphatic hydroxyl groups excluding tert-OH is 3. The van der Waals surface area contributed by atoms with Crippen molar-refractivity contribution >= 4 is 0 Å². The average Bonchev–Trinajstić information content (AvgIpc) is 2.15. The molecular formula is C8H16O6. The van der Waals surface area contributed by atoms with Gasteiger partial charge in [-0.15, -0.1) is 0 Å². The van der Waals surface area contributed by atoms with Crippen LogP contribution < -0.4 is 0 Å². The molecule has 0 aromatic carbocycles. The minimum absolute atomic E-state index is 0.450. The highest BCUT2D eigenvalue weighted by atomic mass is 16.7. The first-order chi connectivity index (χ1) is 6.45. The molecule has 5 atom stereocenters. The molecule has 1 heterocycles. The largest absolute Gasteiger partial charge is 0.394 e. The van der Waals surface area contributed by atoms with Crippen molar-refractivity contribution in [2.75, 3.05) is 13.7 Å². The maximum atomic E-state index is 9.74. The Labute approximate surface area is 81.7 Å². The Bertz CT molecular complexity index is 190. The van der Waals surface area contributed by atoms with Gasteiger partial charge >= 0.3 is 0 Å². The smallest absolute Gasteiger partial charge is 0.188 e. The van der Waals surface area contributed by atoms with Crippen LogP contribution in [-0.2, 0) is 9.47 Å². The first-order valence-electron chi connectivity index (χ1n) is 4.32. The normalized spacial score (nSPS) is 49.3. The SMILES string of the molecule is CO[C@@H]1O[C@H](CO)[C@@H](O)[C@H](O)[C@@]1(C)O. The highest BCUT2D eigenvalue weighted by molar-refractivity contribution is 4.97. The Kier molecular flexibility index (Phi) is 3.46. The fourth-order valence-corrected chi connectivity index (χ4v) is 1.51. The highest BCUT2D eigenvalue weighted by Crippen LogP contribution is 2.29. The van der Waals surface area contributed by atoms with Crippen LogP contribution in [0.15, 0.2) is 0 Å². The number of methoxy groups -OCH3 is 1. The second kappa shape index (κ2) is 4.09. The number of aliphatic hydroxyl groups is 4. The fraction of sp³-hybridized carbons (Fsp3) is 1.00. The van der Waals surface area contributed by atoms with Crippen LogP contribution >= 0.6 is 0 Å². The third kappa shape index (κ3) is 1.77.